The Balaban J connectivity index is 0. The summed E-state index contributed by atoms with van der Waals surface area (Å²) in [6.07, 6.45) is 2.19. The highest BCUT2D eigenvalue weighted by Crippen LogP contribution is 2.24. The van der Waals surface area contributed by atoms with Crippen molar-refractivity contribution in [2.75, 3.05) is 39.0 Å². The van der Waals surface area contributed by atoms with Gasteiger partial charge in [0.2, 0.25) is 19.1 Å². The summed E-state index contributed by atoms with van der Waals surface area (Å²) in [7, 11) is 0.450. The fraction of sp³-hybridized carbons (Fsp3) is 0.545. The fourth-order valence-corrected chi connectivity index (χ4v) is 2.78. The summed E-state index contributed by atoms with van der Waals surface area (Å²) in [6.45, 7) is 2.98. The van der Waals surface area contributed by atoms with E-state index in [0.29, 0.717) is 12.0 Å². The van der Waals surface area contributed by atoms with Crippen LogP contribution in [0.15, 0.2) is 18.3 Å². The predicted molar refractivity (Wildman–Crippen MR) is 138 cm³/mol. The lowest BCUT2D eigenvalue weighted by Crippen LogP contribution is -2.43. The second-order valence-corrected chi connectivity index (χ2v) is 8.23. The minimum atomic E-state index is -2.73. The molecule has 1 atom stereocenters. The van der Waals surface area contributed by atoms with Gasteiger partial charge >= 0.3 is 20.7 Å². The van der Waals surface area contributed by atoms with Crippen molar-refractivity contribution >= 4 is 45.3 Å². The number of carbonyl (C=O) groups is 5. The minimum absolute atomic E-state index is 0.132. The molecule has 222 valence electrons. The lowest BCUT2D eigenvalue weighted by Gasteiger charge is -2.24. The van der Waals surface area contributed by atoms with Crippen LogP contribution in [-0.4, -0.2) is 101 Å². The third kappa shape index (κ3) is 20.2. The number of amides is 3. The number of nitrogens with zero attached hydrogens (tertiary/aromatic N) is 3. The van der Waals surface area contributed by atoms with Crippen LogP contribution in [-0.2, 0) is 39.7 Å². The molecule has 3 amide bonds. The van der Waals surface area contributed by atoms with Gasteiger partial charge in [-0.2, -0.15) is 0 Å². The summed E-state index contributed by atoms with van der Waals surface area (Å²) in [5.74, 6) is -1.31. The third-order valence-electron chi connectivity index (χ3n) is 4.27. The van der Waals surface area contributed by atoms with E-state index in [1.165, 1.54) is 18.1 Å². The average molecular weight is 581 g/mol. The minimum Gasteiger partial charge on any atom is -0.483 e. The van der Waals surface area contributed by atoms with Crippen LogP contribution in [0.5, 0.6) is 0 Å². The van der Waals surface area contributed by atoms with Crippen molar-refractivity contribution in [3.63, 3.8) is 0 Å². The molecule has 0 radical (unpaired) electrons. The number of hydrogen-bond donors (Lipinski definition) is 5. The molecular formula is C22H37N4O12P. The summed E-state index contributed by atoms with van der Waals surface area (Å²) in [5, 5.41) is 18.2. The predicted octanol–water partition coefficient (Wildman–Crippen LogP) is 0.912. The highest BCUT2D eigenvalue weighted by atomic mass is 31.2. The van der Waals surface area contributed by atoms with Gasteiger partial charge in [-0.05, 0) is 25.8 Å². The van der Waals surface area contributed by atoms with Crippen molar-refractivity contribution in [1.29, 1.82) is 0 Å². The Labute approximate surface area is 227 Å². The summed E-state index contributed by atoms with van der Waals surface area (Å²) in [6, 6.07) is 2.74. The van der Waals surface area contributed by atoms with Gasteiger partial charge in [0.15, 0.2) is 0 Å². The van der Waals surface area contributed by atoms with Crippen LogP contribution in [0.3, 0.4) is 0 Å². The zero-order valence-corrected chi connectivity index (χ0v) is 23.2. The van der Waals surface area contributed by atoms with Crippen molar-refractivity contribution < 1.29 is 58.0 Å². The maximum atomic E-state index is 12.4. The molecule has 0 aromatic carbocycles. The van der Waals surface area contributed by atoms with Gasteiger partial charge in [-0.3, -0.25) is 28.6 Å². The molecule has 17 heteroatoms. The molecule has 1 unspecified atom stereocenters. The number of hydrogen-bond acceptors (Lipinski definition) is 11. The summed E-state index contributed by atoms with van der Waals surface area (Å²) >= 11 is 0. The van der Waals surface area contributed by atoms with Crippen molar-refractivity contribution in [3.05, 3.63) is 23.9 Å². The van der Waals surface area contributed by atoms with Crippen LogP contribution >= 0.6 is 8.60 Å². The molecule has 0 fully saturated rings. The summed E-state index contributed by atoms with van der Waals surface area (Å²) in [4.78, 5) is 78.7. The largest absolute Gasteiger partial charge is 0.483 e. The molecule has 1 aromatic heterocycles. The first kappa shape index (κ1) is 37.7. The lowest BCUT2D eigenvalue weighted by atomic mass is 10.2. The summed E-state index contributed by atoms with van der Waals surface area (Å²) < 4.78 is 13.9. The van der Waals surface area contributed by atoms with Gasteiger partial charge in [-0.25, -0.2) is 9.78 Å². The van der Waals surface area contributed by atoms with Gasteiger partial charge in [0.05, 0.1) is 6.54 Å². The number of ether oxygens (including phenoxy) is 2. The number of carboxylic acids is 1. The maximum Gasteiger partial charge on any atom is 0.412 e. The van der Waals surface area contributed by atoms with Gasteiger partial charge in [-0.15, -0.1) is 0 Å². The van der Waals surface area contributed by atoms with E-state index in [4.69, 9.17) is 34.3 Å². The maximum absolute atomic E-state index is 12.4. The van der Waals surface area contributed by atoms with Crippen LogP contribution in [0.4, 0.5) is 10.6 Å². The zero-order valence-electron chi connectivity index (χ0n) is 22.3. The first-order valence-corrected chi connectivity index (χ1v) is 12.6. The zero-order chi connectivity index (χ0) is 30.2. The molecule has 5 N–H and O–H groups in total. The Kier molecular flexibility index (Phi) is 22.9. The van der Waals surface area contributed by atoms with E-state index in [1.807, 2.05) is 0 Å². The van der Waals surface area contributed by atoms with Gasteiger partial charge in [0.25, 0.3) is 6.47 Å². The molecule has 0 bridgehead atoms. The molecule has 1 rings (SSSR count). The van der Waals surface area contributed by atoms with Gasteiger partial charge < -0.3 is 39.7 Å². The highest BCUT2D eigenvalue weighted by molar-refractivity contribution is 7.39. The van der Waals surface area contributed by atoms with Crippen LogP contribution < -0.4 is 10.2 Å². The van der Waals surface area contributed by atoms with Crippen LogP contribution in [0.2, 0.25) is 0 Å². The molecule has 16 nitrogen and oxygen atoms in total. The molecule has 0 aliphatic heterocycles. The Morgan fingerprint density at radius 1 is 1.26 bits per heavy atom. The molecule has 0 spiro atoms. The van der Waals surface area contributed by atoms with Crippen molar-refractivity contribution in [2.45, 2.75) is 45.7 Å². The van der Waals surface area contributed by atoms with Gasteiger partial charge in [-0.1, -0.05) is 13.0 Å². The molecule has 0 aliphatic rings. The van der Waals surface area contributed by atoms with Gasteiger partial charge in [0.1, 0.15) is 12.4 Å². The Bertz CT molecular complexity index is 860. The molecule has 0 saturated heterocycles. The van der Waals surface area contributed by atoms with Crippen LogP contribution in [0.1, 0.15) is 38.7 Å². The fourth-order valence-electron chi connectivity index (χ4n) is 2.64. The van der Waals surface area contributed by atoms with Crippen molar-refractivity contribution in [3.8, 4) is 0 Å². The van der Waals surface area contributed by atoms with E-state index >= 15 is 0 Å². The molecule has 1 heterocycles. The van der Waals surface area contributed by atoms with E-state index < -0.39 is 46.0 Å². The number of nitrogens with one attached hydrogen (secondary N) is 1. The second kappa shape index (κ2) is 23.7. The molecular weight excluding hydrogens is 543 g/mol. The normalized spacial score (nSPS) is 10.5. The number of aromatic nitrogens is 1. The Morgan fingerprint density at radius 2 is 1.90 bits per heavy atom. The molecule has 0 aliphatic carbocycles. The Hall–Kier alpha value is -3.43. The smallest absolute Gasteiger partial charge is 0.412 e. The van der Waals surface area contributed by atoms with E-state index in [2.05, 4.69) is 21.7 Å². The van der Waals surface area contributed by atoms with Gasteiger partial charge in [0, 0.05) is 45.0 Å². The number of pyridine rings is 1. The first-order valence-electron chi connectivity index (χ1n) is 11.4. The van der Waals surface area contributed by atoms with Crippen LogP contribution in [0.25, 0.3) is 0 Å². The van der Waals surface area contributed by atoms with E-state index in [0.717, 1.165) is 17.9 Å². The quantitative estimate of drug-likeness (QED) is 0.111. The number of aliphatic carboxylic acids is 1. The van der Waals surface area contributed by atoms with Crippen LogP contribution in [0, 0.1) is 0 Å². The monoisotopic (exact) mass is 580 g/mol. The summed E-state index contributed by atoms with van der Waals surface area (Å²) in [5.41, 5.74) is 0.438. The van der Waals surface area contributed by atoms with E-state index in [-0.39, 0.29) is 31.7 Å². The molecule has 1 aromatic rings. The molecule has 39 heavy (non-hydrogen) atoms. The standard InChI is InChI=1S/C17H25N4O9P.C4H10O.CH2O2/c1-12(5-6-15(24)25)19-14(23)9-21(17(26)29-11-30-31(27)28)8-13-4-3-7-18-16(13)20(2)10-22;1-3-4-5-2;2-1-3/h3-4,7,10,12,27-28H,5-6,8-9,11H2,1-2H3,(H,19,23)(H,24,25);3-4H2,1-2H3;1H,(H,2,3). The highest BCUT2D eigenvalue weighted by Gasteiger charge is 2.23. The number of carbonyl (C=O) groups excluding carboxylic acids is 3. The number of rotatable bonds is 15. The Morgan fingerprint density at radius 3 is 2.38 bits per heavy atom. The SMILES string of the molecule is CC(CCC(=O)O)NC(=O)CN(Cc1cccnc1N(C)C=O)C(=O)OCOP(O)O.CCCOC.O=CO. The average Bonchev–Trinajstić information content (AvgIpc) is 2.88. The molecule has 0 saturated carbocycles. The third-order valence-corrected chi connectivity index (χ3v) is 4.61. The second-order valence-electron chi connectivity index (χ2n) is 7.47. The van der Waals surface area contributed by atoms with E-state index in [1.54, 1.807) is 26.2 Å². The van der Waals surface area contributed by atoms with E-state index in [9.17, 15) is 19.2 Å². The first-order chi connectivity index (χ1) is 18.5. The lowest BCUT2D eigenvalue weighted by molar-refractivity contribution is -0.137. The number of carboxylic acid groups (broad SMARTS) is 2. The number of anilines is 1. The van der Waals surface area contributed by atoms with Crippen molar-refractivity contribution in [2.24, 2.45) is 0 Å². The van der Waals surface area contributed by atoms with Crippen molar-refractivity contribution in [1.82, 2.24) is 15.2 Å². The number of methoxy groups -OCH3 is 1. The topological polar surface area (TPSA) is 225 Å².